The minimum atomic E-state index is -6.53. The summed E-state index contributed by atoms with van der Waals surface area (Å²) in [5.74, 6) is -15.6. The first kappa shape index (κ1) is 17.2. The third-order valence-electron chi connectivity index (χ3n) is 1.57. The van der Waals surface area contributed by atoms with E-state index in [4.69, 9.17) is 5.11 Å². The van der Waals surface area contributed by atoms with E-state index in [9.17, 15) is 40.3 Å². The third-order valence-corrected chi connectivity index (χ3v) is 1.57. The highest BCUT2D eigenvalue weighted by atomic mass is 19.4. The van der Waals surface area contributed by atoms with Gasteiger partial charge in [-0.1, -0.05) is 0 Å². The number of hydrogen-bond acceptors (Lipinski definition) is 3. The molecule has 1 N–H and O–H groups in total. The molecular weight excluding hydrogens is 293 g/mol. The molecule has 4 nitrogen and oxygen atoms in total. The standard InChI is InChI=1S/C8H5F7O4/c9-6(10,7(11,12)8(13,14)15)3-19-5(18)2-1-4(16)17/h1-2H,3H2,(H,16,17)/b2-1-. The van der Waals surface area contributed by atoms with Gasteiger partial charge < -0.3 is 9.84 Å². The lowest BCUT2D eigenvalue weighted by molar-refractivity contribution is -0.359. The SMILES string of the molecule is O=C(O)/C=C\C(=O)OCC(F)(F)C(F)(F)C(F)(F)F. The molecule has 0 aliphatic carbocycles. The second-order valence-electron chi connectivity index (χ2n) is 3.06. The van der Waals surface area contributed by atoms with Gasteiger partial charge in [0.15, 0.2) is 6.61 Å². The van der Waals surface area contributed by atoms with Crippen molar-refractivity contribution in [2.75, 3.05) is 6.61 Å². The Morgan fingerprint density at radius 3 is 1.84 bits per heavy atom. The number of carboxylic acids is 1. The van der Waals surface area contributed by atoms with Crippen molar-refractivity contribution in [1.29, 1.82) is 0 Å². The molecule has 0 fully saturated rings. The second kappa shape index (κ2) is 5.45. The lowest BCUT2D eigenvalue weighted by Crippen LogP contribution is -2.54. The van der Waals surface area contributed by atoms with Crippen molar-refractivity contribution in [3.63, 3.8) is 0 Å². The van der Waals surface area contributed by atoms with Crippen LogP contribution in [0.3, 0.4) is 0 Å². The molecule has 0 saturated heterocycles. The monoisotopic (exact) mass is 298 g/mol. The summed E-state index contributed by atoms with van der Waals surface area (Å²) in [7, 11) is 0. The molecule has 0 heterocycles. The molecule has 0 rings (SSSR count). The smallest absolute Gasteiger partial charge is 0.460 e. The summed E-state index contributed by atoms with van der Waals surface area (Å²) in [6, 6.07) is 0. The molecular formula is C8H5F7O4. The molecule has 110 valence electrons. The van der Waals surface area contributed by atoms with Crippen molar-refractivity contribution in [1.82, 2.24) is 0 Å². The maximum Gasteiger partial charge on any atom is 0.460 e. The van der Waals surface area contributed by atoms with Gasteiger partial charge in [0, 0.05) is 12.2 Å². The van der Waals surface area contributed by atoms with Crippen molar-refractivity contribution < 1.29 is 50.2 Å². The second-order valence-corrected chi connectivity index (χ2v) is 3.06. The molecule has 0 unspecified atom stereocenters. The van der Waals surface area contributed by atoms with Gasteiger partial charge in [0.05, 0.1) is 0 Å². The minimum Gasteiger partial charge on any atom is -0.478 e. The minimum absolute atomic E-state index is 0.0736. The van der Waals surface area contributed by atoms with Crippen LogP contribution in [0, 0.1) is 0 Å². The highest BCUT2D eigenvalue weighted by Crippen LogP contribution is 2.46. The summed E-state index contributed by atoms with van der Waals surface area (Å²) in [6.07, 6.45) is -6.33. The van der Waals surface area contributed by atoms with E-state index in [2.05, 4.69) is 4.74 Å². The first-order valence-electron chi connectivity index (χ1n) is 4.21. The van der Waals surface area contributed by atoms with Crippen molar-refractivity contribution in [3.8, 4) is 0 Å². The zero-order valence-electron chi connectivity index (χ0n) is 8.68. The fraction of sp³-hybridized carbons (Fsp3) is 0.500. The summed E-state index contributed by atoms with van der Waals surface area (Å²) in [5, 5.41) is 8.01. The highest BCUT2D eigenvalue weighted by Gasteiger charge is 2.73. The summed E-state index contributed by atoms with van der Waals surface area (Å²) in [5.41, 5.74) is 0. The zero-order chi connectivity index (χ0) is 15.5. The van der Waals surface area contributed by atoms with E-state index in [0.29, 0.717) is 0 Å². The summed E-state index contributed by atoms with van der Waals surface area (Å²) < 4.78 is 88.1. The molecule has 0 aliphatic rings. The number of rotatable bonds is 5. The molecule has 0 spiro atoms. The predicted octanol–water partition coefficient (Wildman–Crippen LogP) is 2.00. The Hall–Kier alpha value is -1.81. The van der Waals surface area contributed by atoms with Crippen LogP contribution in [0.1, 0.15) is 0 Å². The lowest BCUT2D eigenvalue weighted by Gasteiger charge is -2.27. The Bertz CT molecular complexity index is 385. The fourth-order valence-electron chi connectivity index (χ4n) is 0.647. The number of aliphatic carboxylic acids is 1. The van der Waals surface area contributed by atoms with E-state index in [1.807, 2.05) is 0 Å². The maximum absolute atomic E-state index is 12.6. The molecule has 19 heavy (non-hydrogen) atoms. The summed E-state index contributed by atoms with van der Waals surface area (Å²) in [6.45, 7) is -2.55. The van der Waals surface area contributed by atoms with Crippen LogP contribution in [-0.2, 0) is 14.3 Å². The molecule has 0 radical (unpaired) electrons. The van der Waals surface area contributed by atoms with Gasteiger partial charge in [0.2, 0.25) is 0 Å². The van der Waals surface area contributed by atoms with E-state index in [1.54, 1.807) is 0 Å². The van der Waals surface area contributed by atoms with E-state index in [1.165, 1.54) is 0 Å². The van der Waals surface area contributed by atoms with E-state index < -0.39 is 36.6 Å². The van der Waals surface area contributed by atoms with E-state index in [0.717, 1.165) is 0 Å². The first-order valence-corrected chi connectivity index (χ1v) is 4.21. The van der Waals surface area contributed by atoms with Gasteiger partial charge in [-0.2, -0.15) is 30.7 Å². The molecule has 0 atom stereocenters. The van der Waals surface area contributed by atoms with Crippen LogP contribution in [0.2, 0.25) is 0 Å². The van der Waals surface area contributed by atoms with Crippen molar-refractivity contribution >= 4 is 11.9 Å². The Labute approximate surface area is 100.0 Å². The lowest BCUT2D eigenvalue weighted by atomic mass is 10.2. The molecule has 0 aromatic carbocycles. The summed E-state index contributed by atoms with van der Waals surface area (Å²) >= 11 is 0. The quantitative estimate of drug-likeness (QED) is 0.479. The van der Waals surface area contributed by atoms with Crippen LogP contribution in [-0.4, -0.2) is 41.7 Å². The van der Waals surface area contributed by atoms with Gasteiger partial charge in [-0.25, -0.2) is 9.59 Å². The molecule has 0 amide bonds. The zero-order valence-corrected chi connectivity index (χ0v) is 8.68. The van der Waals surface area contributed by atoms with Gasteiger partial charge in [0.1, 0.15) is 0 Å². The van der Waals surface area contributed by atoms with Crippen LogP contribution in [0.15, 0.2) is 12.2 Å². The fourth-order valence-corrected chi connectivity index (χ4v) is 0.647. The third kappa shape index (κ3) is 4.41. The van der Waals surface area contributed by atoms with Crippen molar-refractivity contribution in [3.05, 3.63) is 12.2 Å². The highest BCUT2D eigenvalue weighted by molar-refractivity contribution is 5.90. The normalized spacial score (nSPS) is 13.6. The van der Waals surface area contributed by atoms with E-state index >= 15 is 0 Å². The number of esters is 1. The van der Waals surface area contributed by atoms with Gasteiger partial charge in [0.25, 0.3) is 0 Å². The average Bonchev–Trinajstić information content (AvgIpc) is 2.21. The molecule has 0 aliphatic heterocycles. The summed E-state index contributed by atoms with van der Waals surface area (Å²) in [4.78, 5) is 20.4. The first-order chi connectivity index (χ1) is 8.31. The number of halogens is 7. The van der Waals surface area contributed by atoms with Gasteiger partial charge in [-0.15, -0.1) is 0 Å². The Morgan fingerprint density at radius 1 is 1.00 bits per heavy atom. The van der Waals surface area contributed by atoms with E-state index in [-0.39, 0.29) is 12.2 Å². The van der Waals surface area contributed by atoms with Crippen LogP contribution in [0.25, 0.3) is 0 Å². The van der Waals surface area contributed by atoms with Crippen LogP contribution >= 0.6 is 0 Å². The maximum atomic E-state index is 12.6. The Balaban J connectivity index is 4.72. The van der Waals surface area contributed by atoms with Gasteiger partial charge in [-0.3, -0.25) is 0 Å². The number of carbonyl (C=O) groups excluding carboxylic acids is 1. The number of carbonyl (C=O) groups is 2. The molecule has 0 aromatic rings. The number of ether oxygens (including phenoxy) is 1. The topological polar surface area (TPSA) is 63.6 Å². The number of alkyl halides is 7. The largest absolute Gasteiger partial charge is 0.478 e. The molecule has 0 aromatic heterocycles. The average molecular weight is 298 g/mol. The van der Waals surface area contributed by atoms with Gasteiger partial charge >= 0.3 is 30.0 Å². The molecule has 11 heteroatoms. The molecule has 0 saturated carbocycles. The van der Waals surface area contributed by atoms with Crippen molar-refractivity contribution in [2.45, 2.75) is 18.0 Å². The predicted molar refractivity (Wildman–Crippen MR) is 43.7 cm³/mol. The number of carboxylic acid groups (broad SMARTS) is 1. The van der Waals surface area contributed by atoms with Crippen LogP contribution in [0.5, 0.6) is 0 Å². The number of hydrogen-bond donors (Lipinski definition) is 1. The van der Waals surface area contributed by atoms with Gasteiger partial charge in [-0.05, 0) is 0 Å². The van der Waals surface area contributed by atoms with Crippen molar-refractivity contribution in [2.24, 2.45) is 0 Å². The van der Waals surface area contributed by atoms with Crippen LogP contribution in [0.4, 0.5) is 30.7 Å². The Kier molecular flexibility index (Phi) is 4.93. The molecule has 0 bridgehead atoms. The Morgan fingerprint density at radius 2 is 1.47 bits per heavy atom. The van der Waals surface area contributed by atoms with Crippen LogP contribution < -0.4 is 0 Å².